The molecule has 4 aromatic rings. The Kier molecular flexibility index (Phi) is 3.85. The summed E-state index contributed by atoms with van der Waals surface area (Å²) in [6.45, 7) is 0. The molecule has 0 spiro atoms. The van der Waals surface area contributed by atoms with E-state index in [2.05, 4.69) is 0 Å². The Hall–Kier alpha value is -3.30. The van der Waals surface area contributed by atoms with Gasteiger partial charge in [0.05, 0.1) is 11.4 Å². The summed E-state index contributed by atoms with van der Waals surface area (Å²) in [6.07, 6.45) is 0.735. The fourth-order valence-electron chi connectivity index (χ4n) is 3.84. The molecule has 0 unspecified atom stereocenters. The first kappa shape index (κ1) is 16.8. The number of nitrogens with zero attached hydrogens (tertiary/aromatic N) is 1. The van der Waals surface area contributed by atoms with Crippen LogP contribution in [0.5, 0.6) is 11.5 Å². The van der Waals surface area contributed by atoms with Gasteiger partial charge in [0.2, 0.25) is 0 Å². The third-order valence-electron chi connectivity index (χ3n) is 5.15. The maximum atomic E-state index is 9.99. The molecule has 3 aromatic carbocycles. The number of hydrogen-bond acceptors (Lipinski definition) is 3. The van der Waals surface area contributed by atoms with Gasteiger partial charge in [0.25, 0.3) is 0 Å². The number of rotatable bonds is 2. The molecule has 0 amide bonds. The number of benzene rings is 3. The van der Waals surface area contributed by atoms with E-state index in [1.165, 1.54) is 0 Å². The molecule has 0 radical (unpaired) electrons. The molecule has 0 atom stereocenters. The van der Waals surface area contributed by atoms with Gasteiger partial charge in [0, 0.05) is 28.1 Å². The van der Waals surface area contributed by atoms with Crippen molar-refractivity contribution in [2.75, 3.05) is 0 Å². The van der Waals surface area contributed by atoms with E-state index in [0.717, 1.165) is 51.2 Å². The molecule has 1 aliphatic carbocycles. The summed E-state index contributed by atoms with van der Waals surface area (Å²) in [5, 5.41) is 20.6. The minimum atomic E-state index is 0.192. The Morgan fingerprint density at radius 2 is 1.57 bits per heavy atom. The molecule has 3 nitrogen and oxygen atoms in total. The van der Waals surface area contributed by atoms with E-state index < -0.39 is 0 Å². The van der Waals surface area contributed by atoms with Gasteiger partial charge in [-0.1, -0.05) is 48.0 Å². The molecule has 0 saturated heterocycles. The number of fused-ring (bicyclic) bond motifs is 3. The van der Waals surface area contributed by atoms with Gasteiger partial charge in [-0.05, 0) is 53.1 Å². The summed E-state index contributed by atoms with van der Waals surface area (Å²) >= 11 is 6.52. The Balaban J connectivity index is 1.82. The minimum Gasteiger partial charge on any atom is -0.508 e. The number of phenolic OH excluding ortho intramolecular Hbond substituents is 2. The van der Waals surface area contributed by atoms with Crippen molar-refractivity contribution < 1.29 is 10.2 Å². The van der Waals surface area contributed by atoms with Gasteiger partial charge < -0.3 is 10.2 Å². The molecule has 4 heteroatoms. The summed E-state index contributed by atoms with van der Waals surface area (Å²) in [6, 6.07) is 22.3. The van der Waals surface area contributed by atoms with Crippen LogP contribution in [0.1, 0.15) is 11.1 Å². The van der Waals surface area contributed by atoms with Crippen molar-refractivity contribution in [3.05, 3.63) is 88.9 Å². The zero-order valence-electron chi connectivity index (χ0n) is 14.9. The second-order valence-electron chi connectivity index (χ2n) is 6.93. The van der Waals surface area contributed by atoms with E-state index in [1.807, 2.05) is 42.5 Å². The normalized spacial score (nSPS) is 11.9. The number of aromatic nitrogens is 1. The smallest absolute Gasteiger partial charge is 0.116 e. The van der Waals surface area contributed by atoms with E-state index in [0.29, 0.717) is 5.02 Å². The first-order chi connectivity index (χ1) is 13.6. The zero-order valence-corrected chi connectivity index (χ0v) is 15.6. The van der Waals surface area contributed by atoms with Gasteiger partial charge >= 0.3 is 0 Å². The highest BCUT2D eigenvalue weighted by Gasteiger charge is 2.25. The van der Waals surface area contributed by atoms with Crippen LogP contribution < -0.4 is 0 Å². The summed E-state index contributed by atoms with van der Waals surface area (Å²) in [5.41, 5.74) is 7.54. The summed E-state index contributed by atoms with van der Waals surface area (Å²) in [7, 11) is 0. The van der Waals surface area contributed by atoms with Crippen LogP contribution in [-0.4, -0.2) is 15.2 Å². The Bertz CT molecular complexity index is 1230. The van der Waals surface area contributed by atoms with Crippen LogP contribution in [0.15, 0.2) is 72.8 Å². The summed E-state index contributed by atoms with van der Waals surface area (Å²) in [5.74, 6) is 0.410. The van der Waals surface area contributed by atoms with Gasteiger partial charge in [-0.25, -0.2) is 4.98 Å². The van der Waals surface area contributed by atoms with Gasteiger partial charge in [0.1, 0.15) is 11.5 Å². The molecule has 136 valence electrons. The third kappa shape index (κ3) is 2.72. The molecule has 0 fully saturated rings. The van der Waals surface area contributed by atoms with E-state index in [-0.39, 0.29) is 11.5 Å². The van der Waals surface area contributed by atoms with Crippen molar-refractivity contribution in [1.29, 1.82) is 0 Å². The van der Waals surface area contributed by atoms with Gasteiger partial charge in [-0.15, -0.1) is 0 Å². The van der Waals surface area contributed by atoms with Gasteiger partial charge in [0.15, 0.2) is 0 Å². The first-order valence-electron chi connectivity index (χ1n) is 9.00. The molecular weight excluding hydrogens is 370 g/mol. The molecule has 2 N–H and O–H groups in total. The molecule has 1 aliphatic rings. The van der Waals surface area contributed by atoms with Crippen LogP contribution >= 0.6 is 11.6 Å². The second-order valence-corrected chi connectivity index (χ2v) is 7.34. The van der Waals surface area contributed by atoms with E-state index in [1.54, 1.807) is 30.3 Å². The first-order valence-corrected chi connectivity index (χ1v) is 9.38. The lowest BCUT2D eigenvalue weighted by Gasteiger charge is -2.13. The number of phenols is 2. The molecular formula is C24H16ClNO2. The van der Waals surface area contributed by atoms with E-state index >= 15 is 0 Å². The Labute approximate surface area is 167 Å². The second kappa shape index (κ2) is 6.39. The lowest BCUT2D eigenvalue weighted by Crippen LogP contribution is -1.95. The fraction of sp³-hybridized carbons (Fsp3) is 0.0417. The van der Waals surface area contributed by atoms with Crippen LogP contribution in [0, 0.1) is 0 Å². The molecule has 28 heavy (non-hydrogen) atoms. The monoisotopic (exact) mass is 385 g/mol. The average molecular weight is 386 g/mol. The highest BCUT2D eigenvalue weighted by molar-refractivity contribution is 6.33. The third-order valence-corrected chi connectivity index (χ3v) is 5.48. The quantitative estimate of drug-likeness (QED) is 0.389. The maximum Gasteiger partial charge on any atom is 0.116 e. The Morgan fingerprint density at radius 3 is 2.39 bits per heavy atom. The van der Waals surface area contributed by atoms with Crippen LogP contribution in [0.3, 0.4) is 0 Å². The van der Waals surface area contributed by atoms with Gasteiger partial charge in [-0.3, -0.25) is 0 Å². The number of halogens is 1. The standard InChI is InChI=1S/C24H16ClNO2/c25-22-7-2-1-6-18(22)20-13-23(15-4-3-5-16(27)10-15)26-24-19-12-17(28)9-8-14(19)11-21(20)24/h1-10,12-13,27-28H,11H2. The maximum absolute atomic E-state index is 9.99. The summed E-state index contributed by atoms with van der Waals surface area (Å²) < 4.78 is 0. The zero-order chi connectivity index (χ0) is 19.3. The average Bonchev–Trinajstić information content (AvgIpc) is 3.06. The van der Waals surface area contributed by atoms with Crippen LogP contribution in [0.2, 0.25) is 5.02 Å². The van der Waals surface area contributed by atoms with E-state index in [4.69, 9.17) is 16.6 Å². The fourth-order valence-corrected chi connectivity index (χ4v) is 4.07. The Morgan fingerprint density at radius 1 is 0.750 bits per heavy atom. The lowest BCUT2D eigenvalue weighted by molar-refractivity contribution is 0.475. The van der Waals surface area contributed by atoms with Crippen molar-refractivity contribution in [3.63, 3.8) is 0 Å². The lowest BCUT2D eigenvalue weighted by atomic mass is 9.96. The molecule has 0 aliphatic heterocycles. The largest absolute Gasteiger partial charge is 0.508 e. The predicted molar refractivity (Wildman–Crippen MR) is 112 cm³/mol. The molecule has 1 heterocycles. The molecule has 1 aromatic heterocycles. The van der Waals surface area contributed by atoms with Crippen LogP contribution in [0.4, 0.5) is 0 Å². The van der Waals surface area contributed by atoms with Crippen molar-refractivity contribution in [3.8, 4) is 45.1 Å². The van der Waals surface area contributed by atoms with Crippen LogP contribution in [0.25, 0.3) is 33.6 Å². The highest BCUT2D eigenvalue weighted by Crippen LogP contribution is 2.44. The topological polar surface area (TPSA) is 53.4 Å². The predicted octanol–water partition coefficient (Wildman–Crippen LogP) is 6.05. The number of aromatic hydroxyl groups is 2. The van der Waals surface area contributed by atoms with Crippen LogP contribution in [-0.2, 0) is 6.42 Å². The molecule has 5 rings (SSSR count). The van der Waals surface area contributed by atoms with Crippen molar-refractivity contribution in [2.24, 2.45) is 0 Å². The molecule has 0 bridgehead atoms. The number of hydrogen-bond donors (Lipinski definition) is 2. The van der Waals surface area contributed by atoms with Crippen molar-refractivity contribution in [2.45, 2.75) is 6.42 Å². The van der Waals surface area contributed by atoms with E-state index in [9.17, 15) is 10.2 Å². The van der Waals surface area contributed by atoms with Crippen molar-refractivity contribution in [1.82, 2.24) is 4.98 Å². The van der Waals surface area contributed by atoms with Crippen molar-refractivity contribution >= 4 is 11.6 Å². The highest BCUT2D eigenvalue weighted by atomic mass is 35.5. The summed E-state index contributed by atoms with van der Waals surface area (Å²) in [4.78, 5) is 4.90. The SMILES string of the molecule is Oc1cccc(-c2cc(-c3ccccc3Cl)c3c(n2)-c2cc(O)ccc2C3)c1. The van der Waals surface area contributed by atoms with Gasteiger partial charge in [-0.2, -0.15) is 0 Å². The molecule has 0 saturated carbocycles. The number of pyridine rings is 1. The minimum absolute atomic E-state index is 0.192.